The van der Waals surface area contributed by atoms with E-state index in [1.54, 1.807) is 24.8 Å². The van der Waals surface area contributed by atoms with Crippen molar-refractivity contribution >= 4 is 9.64 Å². The number of imidazole rings is 3. The molecule has 0 saturated carbocycles. The van der Waals surface area contributed by atoms with Gasteiger partial charge in [-0.15, -0.1) is 0 Å². The van der Waals surface area contributed by atoms with E-state index < -0.39 is 0 Å². The van der Waals surface area contributed by atoms with Crippen molar-refractivity contribution in [2.75, 3.05) is 0 Å². The van der Waals surface area contributed by atoms with Crippen molar-refractivity contribution in [2.45, 2.75) is 0 Å². The van der Waals surface area contributed by atoms with Crippen molar-refractivity contribution in [3.8, 4) is 34.3 Å². The Labute approximate surface area is 237 Å². The first-order chi connectivity index (χ1) is 18.6. The second-order valence-electron chi connectivity index (χ2n) is 7.94. The number of benzene rings is 1. The number of hydrogen-bond acceptors (Lipinski definition) is 5. The van der Waals surface area contributed by atoms with Crippen LogP contribution in [0.25, 0.3) is 34.3 Å². The zero-order chi connectivity index (χ0) is 27.2. The van der Waals surface area contributed by atoms with E-state index in [9.17, 15) is 0 Å². The molecule has 0 spiro atoms. The first-order valence-electron chi connectivity index (χ1n) is 11.6. The predicted molar refractivity (Wildman–Crippen MR) is 147 cm³/mol. The van der Waals surface area contributed by atoms with Gasteiger partial charge in [-0.1, -0.05) is 42.5 Å². The molecule has 0 radical (unpaired) electrons. The fourth-order valence-electron chi connectivity index (χ4n) is 3.39. The molecule has 0 aliphatic rings. The number of hydrogen-bond donors (Lipinski definition) is 0. The number of aromatic nitrogens is 8. The third-order valence-electron chi connectivity index (χ3n) is 5.20. The zero-order valence-electron chi connectivity index (χ0n) is 21.3. The summed E-state index contributed by atoms with van der Waals surface area (Å²) in [6.07, 6.45) is 14.7. The van der Waals surface area contributed by atoms with E-state index in [2.05, 4.69) is 46.7 Å². The maximum atomic E-state index is 4.67. The average molecular weight is 702 g/mol. The summed E-state index contributed by atoms with van der Waals surface area (Å²) >= 11 is 1.33. The third-order valence-corrected chi connectivity index (χ3v) is 5.20. The van der Waals surface area contributed by atoms with Gasteiger partial charge in [-0.2, -0.15) is 0 Å². The van der Waals surface area contributed by atoms with Crippen molar-refractivity contribution in [1.82, 2.24) is 38.6 Å². The summed E-state index contributed by atoms with van der Waals surface area (Å²) in [5.74, 6) is 1.80. The maximum absolute atomic E-state index is 4.67. The fraction of sp³-hybridized carbons (Fsp3) is 0.107. The van der Waals surface area contributed by atoms with Gasteiger partial charge < -0.3 is 13.7 Å². The van der Waals surface area contributed by atoms with Crippen LogP contribution >= 0.6 is 9.64 Å². The summed E-state index contributed by atoms with van der Waals surface area (Å²) < 4.78 is 5.84. The number of pyridine rings is 2. The molecule has 6 aromatic rings. The molecule has 0 N–H and O–H groups in total. The van der Waals surface area contributed by atoms with Crippen LogP contribution in [0.4, 0.5) is 0 Å². The Kier molecular flexibility index (Phi) is 11.6. The van der Waals surface area contributed by atoms with Crippen LogP contribution in [-0.2, 0) is 38.7 Å². The normalized spacial score (nSPS) is 9.71. The number of aryl methyl sites for hydroxylation is 3. The van der Waals surface area contributed by atoms with E-state index in [0.29, 0.717) is 0 Å². The van der Waals surface area contributed by atoms with E-state index in [-0.39, 0.29) is 0 Å². The van der Waals surface area contributed by atoms with Gasteiger partial charge >= 0.3 is 27.2 Å². The molecule has 38 heavy (non-hydrogen) atoms. The molecule has 5 aromatic heterocycles. The minimum atomic E-state index is 0.899. The van der Waals surface area contributed by atoms with Crippen LogP contribution in [-0.4, -0.2) is 38.6 Å². The third kappa shape index (κ3) is 8.30. The topological polar surface area (TPSA) is 79.2 Å². The molecular formula is C28H28ClN8Os. The van der Waals surface area contributed by atoms with Crippen molar-refractivity contribution in [3.63, 3.8) is 0 Å². The average Bonchev–Trinajstić information content (AvgIpc) is 3.73. The van der Waals surface area contributed by atoms with Crippen LogP contribution in [0.3, 0.4) is 0 Å². The molecule has 5 heterocycles. The van der Waals surface area contributed by atoms with Crippen LogP contribution < -0.4 is 0 Å². The van der Waals surface area contributed by atoms with E-state index in [4.69, 9.17) is 0 Å². The van der Waals surface area contributed by atoms with Gasteiger partial charge in [0.1, 0.15) is 11.4 Å². The van der Waals surface area contributed by atoms with Crippen molar-refractivity contribution in [3.05, 3.63) is 116 Å². The van der Waals surface area contributed by atoms with Gasteiger partial charge in [0.25, 0.3) is 0 Å². The number of rotatable bonds is 3. The molecule has 0 unspecified atom stereocenters. The van der Waals surface area contributed by atoms with Gasteiger partial charge in [0.05, 0.1) is 12.0 Å². The Morgan fingerprint density at radius 3 is 1.42 bits per heavy atom. The van der Waals surface area contributed by atoms with Crippen molar-refractivity contribution < 1.29 is 17.6 Å². The summed E-state index contributed by atoms with van der Waals surface area (Å²) in [6.45, 7) is 0. The molecule has 8 nitrogen and oxygen atoms in total. The monoisotopic (exact) mass is 703 g/mol. The van der Waals surface area contributed by atoms with Crippen molar-refractivity contribution in [1.29, 1.82) is 0 Å². The standard InChI is InChI=1S/C10H10N2.2C9H9N3.ClH.Os/c1-12-7-10(11-8-12)9-5-3-2-4-6-9;2*1-12-7-6-11-9(12)8-4-2-3-5-10-8;;/h2-8H,1H3;2*2-7H,1H3;1H;/q;;;;+1/p-1. The molecule has 0 bridgehead atoms. The van der Waals surface area contributed by atoms with E-state index >= 15 is 0 Å². The Morgan fingerprint density at radius 2 is 1.05 bits per heavy atom. The van der Waals surface area contributed by atoms with E-state index in [1.165, 1.54) is 17.6 Å². The molecule has 0 aliphatic carbocycles. The second kappa shape index (κ2) is 15.4. The Hall–Kier alpha value is -3.92. The molecule has 1 aromatic carbocycles. The summed E-state index contributed by atoms with van der Waals surface area (Å²) in [5.41, 5.74) is 4.01. The first kappa shape index (κ1) is 28.6. The summed E-state index contributed by atoms with van der Waals surface area (Å²) in [6, 6.07) is 21.8. The minimum absolute atomic E-state index is 0.899. The number of halogens is 1. The Morgan fingerprint density at radius 1 is 0.553 bits per heavy atom. The summed E-state index contributed by atoms with van der Waals surface area (Å²) in [4.78, 5) is 21.0. The molecule has 6 rings (SSSR count). The van der Waals surface area contributed by atoms with Gasteiger partial charge in [-0.05, 0) is 24.3 Å². The summed E-state index contributed by atoms with van der Waals surface area (Å²) in [7, 11) is 10.5. The van der Waals surface area contributed by atoms with Gasteiger partial charge in [0.15, 0.2) is 11.6 Å². The molecule has 0 amide bonds. The molecule has 195 valence electrons. The molecule has 0 fully saturated rings. The van der Waals surface area contributed by atoms with Gasteiger partial charge in [-0.25, -0.2) is 15.0 Å². The fourth-order valence-corrected chi connectivity index (χ4v) is 3.39. The second-order valence-corrected chi connectivity index (χ2v) is 7.94. The Bertz CT molecular complexity index is 1390. The predicted octanol–water partition coefficient (Wildman–Crippen LogP) is 5.74. The van der Waals surface area contributed by atoms with Crippen LogP contribution in [0.5, 0.6) is 0 Å². The molecule has 0 aliphatic heterocycles. The van der Waals surface area contributed by atoms with Crippen LogP contribution in [0.15, 0.2) is 116 Å². The van der Waals surface area contributed by atoms with Gasteiger partial charge in [-0.3, -0.25) is 9.97 Å². The molecular weight excluding hydrogens is 674 g/mol. The molecule has 10 heteroatoms. The zero-order valence-corrected chi connectivity index (χ0v) is 24.6. The van der Waals surface area contributed by atoms with Crippen LogP contribution in [0, 0.1) is 0 Å². The van der Waals surface area contributed by atoms with Crippen LogP contribution in [0.1, 0.15) is 0 Å². The van der Waals surface area contributed by atoms with Crippen LogP contribution in [0.2, 0.25) is 0 Å². The number of nitrogens with zero attached hydrogens (tertiary/aromatic N) is 8. The molecule has 0 saturated heterocycles. The van der Waals surface area contributed by atoms with E-state index in [1.807, 2.05) is 114 Å². The Balaban J connectivity index is 0.000000153. The van der Waals surface area contributed by atoms with E-state index in [0.717, 1.165) is 34.3 Å². The molecule has 0 atom stereocenters. The van der Waals surface area contributed by atoms with Gasteiger partial charge in [0, 0.05) is 70.1 Å². The van der Waals surface area contributed by atoms with Gasteiger partial charge in [0.2, 0.25) is 0 Å². The SMILES string of the molecule is Cn1ccnc1-c1ccccn1.Cn1ccnc1-c1ccccn1.Cn1cnc(-c2ccccc2)c1.[Cl][Os]. The first-order valence-corrected chi connectivity index (χ1v) is 14.7. The summed E-state index contributed by atoms with van der Waals surface area (Å²) in [5, 5.41) is 0. The quantitative estimate of drug-likeness (QED) is 0.235. The van der Waals surface area contributed by atoms with Crippen molar-refractivity contribution in [2.24, 2.45) is 21.1 Å².